The van der Waals surface area contributed by atoms with Crippen molar-refractivity contribution in [3.63, 3.8) is 0 Å². The van der Waals surface area contributed by atoms with Crippen molar-refractivity contribution in [3.05, 3.63) is 35.4 Å². The highest BCUT2D eigenvalue weighted by Gasteiger charge is 2.18. The van der Waals surface area contributed by atoms with Gasteiger partial charge in [-0.2, -0.15) is 0 Å². The van der Waals surface area contributed by atoms with E-state index in [0.717, 1.165) is 0 Å². The van der Waals surface area contributed by atoms with Crippen LogP contribution in [0.25, 0.3) is 6.08 Å². The van der Waals surface area contributed by atoms with Gasteiger partial charge in [0.15, 0.2) is 5.78 Å². The minimum absolute atomic E-state index is 0.0826. The van der Waals surface area contributed by atoms with Crippen LogP contribution in [0, 0.1) is 5.41 Å². The lowest BCUT2D eigenvalue weighted by molar-refractivity contribution is -0.115. The number of Topliss-reactive ketones (excluding diaryl/α,β-unsaturated/α-hetero) is 1. The highest BCUT2D eigenvalue weighted by Crippen LogP contribution is 2.24. The maximum absolute atomic E-state index is 11.6. The van der Waals surface area contributed by atoms with Crippen LogP contribution in [-0.4, -0.2) is 16.6 Å². The Balaban J connectivity index is 2.33. The number of allylic oxidation sites excluding steroid dienone is 1. The molecule has 1 saturated carbocycles. The van der Waals surface area contributed by atoms with Gasteiger partial charge in [-0.1, -0.05) is 18.2 Å². The van der Waals surface area contributed by atoms with Crippen LogP contribution in [0.15, 0.2) is 29.8 Å². The maximum atomic E-state index is 11.6. The summed E-state index contributed by atoms with van der Waals surface area (Å²) in [5.74, 6) is 0.249. The molecule has 0 aromatic heterocycles. The minimum atomic E-state index is 0.0826. The second kappa shape index (κ2) is 4.31. The molecule has 1 aromatic carbocycles. The summed E-state index contributed by atoms with van der Waals surface area (Å²) in [6.45, 7) is 0. The lowest BCUT2D eigenvalue weighted by atomic mass is 9.90. The first kappa shape index (κ1) is 10.6. The fourth-order valence-corrected chi connectivity index (χ4v) is 1.77. The van der Waals surface area contributed by atoms with Gasteiger partial charge in [0, 0.05) is 29.7 Å². The van der Waals surface area contributed by atoms with E-state index in [0.29, 0.717) is 36.1 Å². The summed E-state index contributed by atoms with van der Waals surface area (Å²) in [4.78, 5) is 11.6. The average Bonchev–Trinajstić information content (AvgIpc) is 2.27. The number of ketones is 1. The third-order valence-electron chi connectivity index (χ3n) is 2.68. The largest absolute Gasteiger partial charge is 0.507 e. The van der Waals surface area contributed by atoms with E-state index in [4.69, 9.17) is 5.41 Å². The molecule has 1 aliphatic rings. The minimum Gasteiger partial charge on any atom is -0.507 e. The number of carbonyl (C=O) groups is 1. The van der Waals surface area contributed by atoms with E-state index in [1.807, 2.05) is 6.07 Å². The van der Waals surface area contributed by atoms with Gasteiger partial charge in [0.25, 0.3) is 0 Å². The molecule has 1 fully saturated rings. The molecule has 3 heteroatoms. The smallest absolute Gasteiger partial charge is 0.159 e. The van der Waals surface area contributed by atoms with Crippen molar-refractivity contribution >= 4 is 17.6 Å². The number of benzene rings is 1. The number of phenols is 1. The molecule has 2 N–H and O–H groups in total. The first-order chi connectivity index (χ1) is 7.66. The third kappa shape index (κ3) is 2.19. The van der Waals surface area contributed by atoms with Crippen molar-refractivity contribution in [1.29, 1.82) is 5.41 Å². The molecular formula is C13H13NO2. The summed E-state index contributed by atoms with van der Waals surface area (Å²) in [6, 6.07) is 6.89. The van der Waals surface area contributed by atoms with Crippen LogP contribution in [-0.2, 0) is 4.79 Å². The molecule has 3 nitrogen and oxygen atoms in total. The highest BCUT2D eigenvalue weighted by molar-refractivity contribution is 6.09. The zero-order chi connectivity index (χ0) is 11.5. The average molecular weight is 215 g/mol. The molecule has 0 radical (unpaired) electrons. The van der Waals surface area contributed by atoms with Gasteiger partial charge >= 0.3 is 0 Å². The first-order valence-electron chi connectivity index (χ1n) is 5.25. The molecular weight excluding hydrogens is 202 g/mol. The van der Waals surface area contributed by atoms with Crippen molar-refractivity contribution in [2.45, 2.75) is 19.3 Å². The Hall–Kier alpha value is -1.90. The molecule has 16 heavy (non-hydrogen) atoms. The highest BCUT2D eigenvalue weighted by atomic mass is 16.3. The predicted octanol–water partition coefficient (Wildman–Crippen LogP) is 2.55. The Labute approximate surface area is 93.9 Å². The van der Waals surface area contributed by atoms with Crippen LogP contribution in [0.1, 0.15) is 24.8 Å². The summed E-state index contributed by atoms with van der Waals surface area (Å²) in [6.07, 6.45) is 3.08. The van der Waals surface area contributed by atoms with Crippen LogP contribution in [0.2, 0.25) is 0 Å². The molecule has 0 atom stereocenters. The third-order valence-corrected chi connectivity index (χ3v) is 2.68. The number of aromatic hydroxyl groups is 1. The van der Waals surface area contributed by atoms with Crippen molar-refractivity contribution < 1.29 is 9.90 Å². The number of nitrogens with one attached hydrogen (secondary N) is 1. The summed E-state index contributed by atoms with van der Waals surface area (Å²) in [7, 11) is 0. The van der Waals surface area contributed by atoms with Gasteiger partial charge in [0.1, 0.15) is 5.75 Å². The Morgan fingerprint density at radius 2 is 2.00 bits per heavy atom. The van der Waals surface area contributed by atoms with E-state index in [1.54, 1.807) is 24.3 Å². The Bertz CT molecular complexity index is 475. The van der Waals surface area contributed by atoms with E-state index in [1.165, 1.54) is 0 Å². The summed E-state index contributed by atoms with van der Waals surface area (Å²) < 4.78 is 0. The van der Waals surface area contributed by atoms with E-state index in [9.17, 15) is 9.90 Å². The quantitative estimate of drug-likeness (QED) is 0.707. The SMILES string of the molecule is N=C1CCC(=O)C(=Cc2ccccc2O)C1. The van der Waals surface area contributed by atoms with Gasteiger partial charge in [-0.25, -0.2) is 0 Å². The zero-order valence-corrected chi connectivity index (χ0v) is 8.86. The molecule has 0 heterocycles. The first-order valence-corrected chi connectivity index (χ1v) is 5.25. The molecule has 0 bridgehead atoms. The molecule has 0 saturated heterocycles. The van der Waals surface area contributed by atoms with Gasteiger partial charge in [-0.15, -0.1) is 0 Å². The molecule has 1 aromatic rings. The fourth-order valence-electron chi connectivity index (χ4n) is 1.77. The van der Waals surface area contributed by atoms with Crippen molar-refractivity contribution in [2.75, 3.05) is 0 Å². The van der Waals surface area contributed by atoms with Gasteiger partial charge in [-0.05, 0) is 18.6 Å². The summed E-state index contributed by atoms with van der Waals surface area (Å²) in [5.41, 5.74) is 1.85. The van der Waals surface area contributed by atoms with E-state index in [-0.39, 0.29) is 11.5 Å². The molecule has 0 spiro atoms. The number of hydrogen-bond acceptors (Lipinski definition) is 3. The summed E-state index contributed by atoms with van der Waals surface area (Å²) >= 11 is 0. The lowest BCUT2D eigenvalue weighted by Crippen LogP contribution is -2.15. The molecule has 1 aliphatic carbocycles. The standard InChI is InChI=1S/C13H13NO2/c14-11-5-6-13(16)10(8-11)7-9-3-1-2-4-12(9)15/h1-4,7,14-15H,5-6,8H2. The number of rotatable bonds is 1. The molecule has 0 aliphatic heterocycles. The van der Waals surface area contributed by atoms with Crippen molar-refractivity contribution in [1.82, 2.24) is 0 Å². The Morgan fingerprint density at radius 1 is 1.25 bits per heavy atom. The second-order valence-electron chi connectivity index (χ2n) is 3.93. The lowest BCUT2D eigenvalue weighted by Gasteiger charge is -2.14. The van der Waals surface area contributed by atoms with Crippen molar-refractivity contribution in [3.8, 4) is 5.75 Å². The fraction of sp³-hybridized carbons (Fsp3) is 0.231. The van der Waals surface area contributed by atoms with E-state index < -0.39 is 0 Å². The Morgan fingerprint density at radius 3 is 2.75 bits per heavy atom. The zero-order valence-electron chi connectivity index (χ0n) is 8.86. The van der Waals surface area contributed by atoms with Crippen LogP contribution < -0.4 is 0 Å². The van der Waals surface area contributed by atoms with Gasteiger partial charge < -0.3 is 10.5 Å². The van der Waals surface area contributed by atoms with Crippen LogP contribution in [0.4, 0.5) is 0 Å². The second-order valence-corrected chi connectivity index (χ2v) is 3.93. The topological polar surface area (TPSA) is 61.2 Å². The van der Waals surface area contributed by atoms with Gasteiger partial charge in [-0.3, -0.25) is 4.79 Å². The molecule has 2 rings (SSSR count). The maximum Gasteiger partial charge on any atom is 0.159 e. The van der Waals surface area contributed by atoms with Crippen LogP contribution in [0.5, 0.6) is 5.75 Å². The number of hydrogen-bond donors (Lipinski definition) is 2. The molecule has 82 valence electrons. The number of carbonyl (C=O) groups excluding carboxylic acids is 1. The van der Waals surface area contributed by atoms with Gasteiger partial charge in [0.05, 0.1) is 0 Å². The monoisotopic (exact) mass is 215 g/mol. The molecule has 0 amide bonds. The van der Waals surface area contributed by atoms with Crippen molar-refractivity contribution in [2.24, 2.45) is 0 Å². The van der Waals surface area contributed by atoms with Crippen LogP contribution in [0.3, 0.4) is 0 Å². The van der Waals surface area contributed by atoms with Crippen LogP contribution >= 0.6 is 0 Å². The normalized spacial score (nSPS) is 19.1. The number of para-hydroxylation sites is 1. The van der Waals surface area contributed by atoms with Gasteiger partial charge in [0.2, 0.25) is 0 Å². The predicted molar refractivity (Wildman–Crippen MR) is 62.7 cm³/mol. The number of phenolic OH excluding ortho intramolecular Hbond substituents is 1. The summed E-state index contributed by atoms with van der Waals surface area (Å²) in [5, 5.41) is 17.2. The van der Waals surface area contributed by atoms with E-state index in [2.05, 4.69) is 0 Å². The molecule has 0 unspecified atom stereocenters. The van der Waals surface area contributed by atoms with E-state index >= 15 is 0 Å². The Kier molecular flexibility index (Phi) is 2.86.